The molecule has 0 spiro atoms. The summed E-state index contributed by atoms with van der Waals surface area (Å²) in [7, 11) is 0. The third-order valence-corrected chi connectivity index (χ3v) is 1.89. The van der Waals surface area contributed by atoms with Gasteiger partial charge in [0.05, 0.1) is 12.5 Å². The lowest BCUT2D eigenvalue weighted by molar-refractivity contribution is -0.143. The third-order valence-electron chi connectivity index (χ3n) is 1.89. The van der Waals surface area contributed by atoms with E-state index < -0.39 is 5.97 Å². The second kappa shape index (κ2) is 4.23. The van der Waals surface area contributed by atoms with Crippen LogP contribution in [0.2, 0.25) is 0 Å². The summed E-state index contributed by atoms with van der Waals surface area (Å²) in [5.41, 5.74) is 5.46. The lowest BCUT2D eigenvalue weighted by Crippen LogP contribution is -2.33. The van der Waals surface area contributed by atoms with E-state index >= 15 is 0 Å². The highest BCUT2D eigenvalue weighted by Gasteiger charge is 2.39. The fourth-order valence-electron chi connectivity index (χ4n) is 1.02. The van der Waals surface area contributed by atoms with Gasteiger partial charge in [-0.15, -0.1) is 0 Å². The van der Waals surface area contributed by atoms with Crippen LogP contribution in [0.1, 0.15) is 13.3 Å². The average Bonchev–Trinajstić information content (AvgIpc) is 2.79. The fraction of sp³-hybridized carbons (Fsp3) is 0.750. The van der Waals surface area contributed by atoms with Gasteiger partial charge in [0.15, 0.2) is 0 Å². The summed E-state index contributed by atoms with van der Waals surface area (Å²) in [6, 6.07) is -0.0257. The highest BCUT2D eigenvalue weighted by Crippen LogP contribution is 2.27. The Hall–Kier alpha value is -1.10. The summed E-state index contributed by atoms with van der Waals surface area (Å²) in [5.74, 6) is -0.667. The van der Waals surface area contributed by atoms with Gasteiger partial charge in [-0.05, 0) is 13.3 Å². The maximum Gasteiger partial charge on any atom is 0.325 e. The van der Waals surface area contributed by atoms with E-state index in [0.717, 1.165) is 0 Å². The van der Waals surface area contributed by atoms with Gasteiger partial charge in [-0.25, -0.2) is 0 Å². The molecule has 5 nitrogen and oxygen atoms in total. The molecule has 0 heterocycles. The lowest BCUT2D eigenvalue weighted by atomic mass is 10.4. The van der Waals surface area contributed by atoms with E-state index in [4.69, 9.17) is 5.73 Å². The van der Waals surface area contributed by atoms with Gasteiger partial charge in [0.25, 0.3) is 0 Å². The minimum absolute atomic E-state index is 0.0257. The van der Waals surface area contributed by atoms with Crippen LogP contribution in [0.5, 0.6) is 0 Å². The highest BCUT2D eigenvalue weighted by molar-refractivity contribution is 5.85. The van der Waals surface area contributed by atoms with Crippen molar-refractivity contribution in [3.8, 4) is 0 Å². The first-order chi connectivity index (χ1) is 6.15. The fourth-order valence-corrected chi connectivity index (χ4v) is 1.02. The highest BCUT2D eigenvalue weighted by atomic mass is 16.5. The standard InChI is InChI=1S/C8H14N2O3/c1-2-13-7(11)4-10-8(12)5-3-6(5)9/h5-6H,2-4,9H2,1H3,(H,10,12). The largest absolute Gasteiger partial charge is 0.465 e. The number of esters is 1. The van der Waals surface area contributed by atoms with E-state index in [9.17, 15) is 9.59 Å². The first-order valence-electron chi connectivity index (χ1n) is 4.34. The van der Waals surface area contributed by atoms with Gasteiger partial charge in [0.2, 0.25) is 5.91 Å². The zero-order valence-corrected chi connectivity index (χ0v) is 7.58. The van der Waals surface area contributed by atoms with Crippen molar-refractivity contribution in [3.05, 3.63) is 0 Å². The van der Waals surface area contributed by atoms with E-state index in [-0.39, 0.29) is 24.4 Å². The molecular weight excluding hydrogens is 172 g/mol. The molecular formula is C8H14N2O3. The maximum absolute atomic E-state index is 11.1. The maximum atomic E-state index is 11.1. The summed E-state index contributed by atoms with van der Waals surface area (Å²) in [6.07, 6.45) is 0.717. The molecule has 1 aliphatic rings. The number of carbonyl (C=O) groups is 2. The van der Waals surface area contributed by atoms with E-state index in [0.29, 0.717) is 13.0 Å². The monoisotopic (exact) mass is 186 g/mol. The first kappa shape index (κ1) is 9.98. The smallest absolute Gasteiger partial charge is 0.325 e. The lowest BCUT2D eigenvalue weighted by Gasteiger charge is -2.03. The van der Waals surface area contributed by atoms with Crippen molar-refractivity contribution in [1.29, 1.82) is 0 Å². The number of nitrogens with one attached hydrogen (secondary N) is 1. The van der Waals surface area contributed by atoms with Crippen molar-refractivity contribution in [1.82, 2.24) is 5.32 Å². The topological polar surface area (TPSA) is 81.4 Å². The Balaban J connectivity index is 2.11. The third kappa shape index (κ3) is 3.02. The Bertz CT molecular complexity index is 217. The normalized spacial score (nSPS) is 25.1. The molecule has 3 N–H and O–H groups in total. The molecule has 13 heavy (non-hydrogen) atoms. The summed E-state index contributed by atoms with van der Waals surface area (Å²) in [4.78, 5) is 21.9. The second-order valence-electron chi connectivity index (χ2n) is 3.03. The zero-order chi connectivity index (χ0) is 9.84. The molecule has 0 aromatic rings. The predicted octanol–water partition coefficient (Wildman–Crippen LogP) is -0.987. The van der Waals surface area contributed by atoms with Crippen LogP contribution < -0.4 is 11.1 Å². The van der Waals surface area contributed by atoms with Crippen LogP contribution in [-0.2, 0) is 14.3 Å². The molecule has 74 valence electrons. The number of nitrogens with two attached hydrogens (primary N) is 1. The number of rotatable bonds is 4. The van der Waals surface area contributed by atoms with Gasteiger partial charge >= 0.3 is 5.97 Å². The van der Waals surface area contributed by atoms with Gasteiger partial charge in [0, 0.05) is 6.04 Å². The average molecular weight is 186 g/mol. The Morgan fingerprint density at radius 2 is 2.23 bits per heavy atom. The van der Waals surface area contributed by atoms with Crippen molar-refractivity contribution >= 4 is 11.9 Å². The van der Waals surface area contributed by atoms with Gasteiger partial charge in [-0.2, -0.15) is 0 Å². The van der Waals surface area contributed by atoms with Crippen molar-refractivity contribution in [2.75, 3.05) is 13.2 Å². The minimum Gasteiger partial charge on any atom is -0.465 e. The molecule has 1 saturated carbocycles. The molecule has 0 aliphatic heterocycles. The summed E-state index contributed by atoms with van der Waals surface area (Å²) < 4.78 is 4.63. The van der Waals surface area contributed by atoms with E-state index in [2.05, 4.69) is 10.1 Å². The van der Waals surface area contributed by atoms with Gasteiger partial charge in [-0.1, -0.05) is 0 Å². The van der Waals surface area contributed by atoms with Crippen molar-refractivity contribution in [3.63, 3.8) is 0 Å². The molecule has 0 radical (unpaired) electrons. The van der Waals surface area contributed by atoms with Crippen LogP contribution in [0, 0.1) is 5.92 Å². The molecule has 5 heteroatoms. The molecule has 1 amide bonds. The Morgan fingerprint density at radius 3 is 2.69 bits per heavy atom. The molecule has 2 unspecified atom stereocenters. The van der Waals surface area contributed by atoms with Crippen LogP contribution in [0.4, 0.5) is 0 Å². The van der Waals surface area contributed by atoms with Crippen molar-refractivity contribution in [2.24, 2.45) is 11.7 Å². The zero-order valence-electron chi connectivity index (χ0n) is 7.58. The van der Waals surface area contributed by atoms with Crippen LogP contribution in [-0.4, -0.2) is 31.1 Å². The number of hydrogen-bond acceptors (Lipinski definition) is 4. The number of hydrogen-bond donors (Lipinski definition) is 2. The van der Waals surface area contributed by atoms with Crippen LogP contribution in [0.3, 0.4) is 0 Å². The molecule has 1 fully saturated rings. The Kier molecular flexibility index (Phi) is 3.25. The summed E-state index contributed by atoms with van der Waals surface area (Å²) >= 11 is 0. The number of ether oxygens (including phenoxy) is 1. The molecule has 0 aromatic heterocycles. The van der Waals surface area contributed by atoms with E-state index in [1.165, 1.54) is 0 Å². The van der Waals surface area contributed by atoms with Crippen LogP contribution in [0.25, 0.3) is 0 Å². The van der Waals surface area contributed by atoms with E-state index in [1.54, 1.807) is 6.92 Å². The van der Waals surface area contributed by atoms with Gasteiger partial charge in [-0.3, -0.25) is 9.59 Å². The molecule has 0 saturated heterocycles. The molecule has 1 rings (SSSR count). The number of amides is 1. The molecule has 0 aromatic carbocycles. The van der Waals surface area contributed by atoms with E-state index in [1.807, 2.05) is 0 Å². The van der Waals surface area contributed by atoms with Gasteiger partial charge < -0.3 is 15.8 Å². The van der Waals surface area contributed by atoms with Gasteiger partial charge in [0.1, 0.15) is 6.54 Å². The Morgan fingerprint density at radius 1 is 1.62 bits per heavy atom. The first-order valence-corrected chi connectivity index (χ1v) is 4.34. The Labute approximate surface area is 76.6 Å². The summed E-state index contributed by atoms with van der Waals surface area (Å²) in [5, 5.41) is 2.47. The van der Waals surface area contributed by atoms with Crippen molar-refractivity contribution < 1.29 is 14.3 Å². The molecule has 1 aliphatic carbocycles. The van der Waals surface area contributed by atoms with Crippen LogP contribution >= 0.6 is 0 Å². The predicted molar refractivity (Wildman–Crippen MR) is 45.7 cm³/mol. The number of carbonyl (C=O) groups excluding carboxylic acids is 2. The quantitative estimate of drug-likeness (QED) is 0.552. The molecule has 0 bridgehead atoms. The molecule has 2 atom stereocenters. The minimum atomic E-state index is -0.412. The summed E-state index contributed by atoms with van der Waals surface area (Å²) in [6.45, 7) is 1.99. The second-order valence-corrected chi connectivity index (χ2v) is 3.03. The van der Waals surface area contributed by atoms with Crippen molar-refractivity contribution in [2.45, 2.75) is 19.4 Å². The van der Waals surface area contributed by atoms with Crippen LogP contribution in [0.15, 0.2) is 0 Å². The SMILES string of the molecule is CCOC(=O)CNC(=O)C1CC1N.